The van der Waals surface area contributed by atoms with Gasteiger partial charge < -0.3 is 14.9 Å². The van der Waals surface area contributed by atoms with Crippen molar-refractivity contribution >= 4 is 53.2 Å². The quantitative estimate of drug-likeness (QED) is 0.111. The minimum atomic E-state index is 0. The monoisotopic (exact) mass is 810 g/mol. The summed E-state index contributed by atoms with van der Waals surface area (Å²) < 4.78 is 0. The molecule has 51 heavy (non-hydrogen) atoms. The molecule has 6 aromatic rings. The maximum absolute atomic E-state index is 3.06. The first kappa shape index (κ1) is 46.8. The Morgan fingerprint density at radius 1 is 0.647 bits per heavy atom. The molecule has 0 aliphatic heterocycles. The van der Waals surface area contributed by atoms with E-state index >= 15 is 0 Å². The molecule has 1 unspecified atom stereocenters. The van der Waals surface area contributed by atoms with Crippen LogP contribution in [0, 0.1) is 14.9 Å². The summed E-state index contributed by atoms with van der Waals surface area (Å²) in [6.07, 6.45) is 9.25. The average Bonchev–Trinajstić information content (AvgIpc) is 3.78. The number of hydrogen-bond donors (Lipinski definition) is 0. The predicted octanol–water partition coefficient (Wildman–Crippen LogP) is 15.1. The van der Waals surface area contributed by atoms with Crippen LogP contribution >= 0.6 is 24.8 Å². The van der Waals surface area contributed by atoms with Gasteiger partial charge in [0.1, 0.15) is 0 Å². The molecule has 4 heteroatoms. The van der Waals surface area contributed by atoms with Gasteiger partial charge in [-0.15, -0.1) is 93.9 Å². The van der Waals surface area contributed by atoms with Crippen molar-refractivity contribution in [1.82, 2.24) is 0 Å². The van der Waals surface area contributed by atoms with Gasteiger partial charge in [0.05, 0.1) is 0 Å². The molecule has 7 rings (SSSR count). The molecular formula is C47H58Cl2SiZr-4. The van der Waals surface area contributed by atoms with E-state index in [0.717, 1.165) is 12.3 Å². The van der Waals surface area contributed by atoms with Crippen LogP contribution in [0.3, 0.4) is 0 Å². The van der Waals surface area contributed by atoms with Gasteiger partial charge in [0.15, 0.2) is 0 Å². The fourth-order valence-corrected chi connectivity index (χ4v) is 7.21. The molecule has 0 bridgehead atoms. The van der Waals surface area contributed by atoms with Crippen LogP contribution in [-0.4, -0.2) is 6.88 Å². The van der Waals surface area contributed by atoms with E-state index in [1.165, 1.54) is 122 Å². The third kappa shape index (κ3) is 11.4. The molecule has 0 N–H and O–H groups in total. The van der Waals surface area contributed by atoms with E-state index in [9.17, 15) is 0 Å². The van der Waals surface area contributed by atoms with Crippen LogP contribution < -0.4 is 0 Å². The van der Waals surface area contributed by atoms with Crippen LogP contribution in [0.4, 0.5) is 0 Å². The van der Waals surface area contributed by atoms with Gasteiger partial charge in [0, 0.05) is 0 Å². The van der Waals surface area contributed by atoms with E-state index in [-0.39, 0.29) is 39.7 Å². The van der Waals surface area contributed by atoms with Crippen LogP contribution in [0.15, 0.2) is 109 Å². The summed E-state index contributed by atoms with van der Waals surface area (Å²) in [5.41, 5.74) is 11.2. The van der Waals surface area contributed by atoms with Gasteiger partial charge in [-0.1, -0.05) is 126 Å². The van der Waals surface area contributed by atoms with Crippen LogP contribution in [-0.2, 0) is 29.8 Å². The molecule has 0 saturated heterocycles. The zero-order valence-electron chi connectivity index (χ0n) is 31.9. The molecule has 0 aromatic heterocycles. The second-order valence-corrected chi connectivity index (χ2v) is 13.7. The Balaban J connectivity index is 0.000000456. The van der Waals surface area contributed by atoms with E-state index < -0.39 is 0 Å². The zero-order valence-corrected chi connectivity index (χ0v) is 37.0. The van der Waals surface area contributed by atoms with Crippen LogP contribution in [0.25, 0.3) is 43.8 Å². The normalized spacial score (nSPS) is 12.9. The molecule has 2 radical (unpaired) electrons. The molecule has 0 amide bonds. The van der Waals surface area contributed by atoms with Crippen molar-refractivity contribution < 1.29 is 23.3 Å². The molecule has 272 valence electrons. The van der Waals surface area contributed by atoms with Gasteiger partial charge in [-0.2, -0.15) is 12.1 Å². The van der Waals surface area contributed by atoms with Crippen molar-refractivity contribution in [1.29, 1.82) is 0 Å². The minimum absolute atomic E-state index is 0. The van der Waals surface area contributed by atoms with E-state index in [2.05, 4.69) is 151 Å². The topological polar surface area (TPSA) is 0 Å². The first-order valence-electron chi connectivity index (χ1n) is 17.8. The van der Waals surface area contributed by atoms with E-state index in [0.29, 0.717) is 11.8 Å². The van der Waals surface area contributed by atoms with Gasteiger partial charge in [0.25, 0.3) is 0 Å². The Morgan fingerprint density at radius 3 is 1.63 bits per heavy atom. The molecule has 6 aromatic carbocycles. The summed E-state index contributed by atoms with van der Waals surface area (Å²) in [4.78, 5) is 0. The third-order valence-electron chi connectivity index (χ3n) is 10.4. The standard InChI is InChI=1S/C24H27.C21H23.2CH3.2ClH.Si.Zr/c1-17(2)18-11-13-20(14-12-18)23-10-6-9-21-15-22(16-24(21)23)19-7-4-3-5-8-19;1-4-15(3)17-9-11-18(12-10-17)20-8-6-7-19-13-16(5-2)14-21(19)20;;;;;;/h6,9-17,19H,3-5,7-8H2,1-2H3;6-15H,4-5H2,1-3H3;2*1H3;2*1H;;/q4*-1;;;;. The van der Waals surface area contributed by atoms with Gasteiger partial charge >= 0.3 is 30.2 Å². The second-order valence-electron chi connectivity index (χ2n) is 13.7. The summed E-state index contributed by atoms with van der Waals surface area (Å²) in [6, 6.07) is 41.2. The van der Waals surface area contributed by atoms with Crippen molar-refractivity contribution in [2.45, 2.75) is 97.3 Å². The Labute approximate surface area is 340 Å². The number of benzene rings is 4. The summed E-state index contributed by atoms with van der Waals surface area (Å²) in [5, 5.41) is 5.57. The summed E-state index contributed by atoms with van der Waals surface area (Å²) >= 11 is 1.36. The number of aryl methyl sites for hydroxylation is 1. The van der Waals surface area contributed by atoms with Crippen molar-refractivity contribution in [3.8, 4) is 22.3 Å². The molecule has 1 aliphatic carbocycles. The third-order valence-corrected chi connectivity index (χ3v) is 10.4. The Hall–Kier alpha value is -2.22. The van der Waals surface area contributed by atoms with E-state index in [4.69, 9.17) is 0 Å². The molecule has 0 heterocycles. The van der Waals surface area contributed by atoms with Crippen molar-refractivity contribution in [2.24, 2.45) is 0 Å². The summed E-state index contributed by atoms with van der Waals surface area (Å²) in [5.74, 6) is 2.01. The second kappa shape index (κ2) is 22.8. The molecule has 1 atom stereocenters. The first-order chi connectivity index (χ1) is 22.9. The van der Waals surface area contributed by atoms with Crippen LogP contribution in [0.2, 0.25) is 0 Å². The number of fused-ring (bicyclic) bond motifs is 2. The van der Waals surface area contributed by atoms with Gasteiger partial charge in [0.2, 0.25) is 0 Å². The van der Waals surface area contributed by atoms with E-state index in [1.54, 1.807) is 5.56 Å². The number of halogens is 2. The molecular weight excluding hydrogens is 755 g/mol. The Bertz CT molecular complexity index is 1860. The molecule has 0 nitrogen and oxygen atoms in total. The Morgan fingerprint density at radius 2 is 1.14 bits per heavy atom. The van der Waals surface area contributed by atoms with Crippen molar-refractivity contribution in [2.75, 3.05) is 0 Å². The maximum atomic E-state index is 3.06. The van der Waals surface area contributed by atoms with Gasteiger partial charge in [-0.25, -0.2) is 0 Å². The van der Waals surface area contributed by atoms with Crippen LogP contribution in [0.1, 0.15) is 113 Å². The fourth-order valence-electron chi connectivity index (χ4n) is 7.21. The molecule has 1 fully saturated rings. The van der Waals surface area contributed by atoms with Gasteiger partial charge in [-0.3, -0.25) is 0 Å². The Kier molecular flexibility index (Phi) is 20.9. The predicted molar refractivity (Wildman–Crippen MR) is 231 cm³/mol. The van der Waals surface area contributed by atoms with Crippen molar-refractivity contribution in [3.63, 3.8) is 0 Å². The number of hydrogen-bond acceptors (Lipinski definition) is 0. The zero-order chi connectivity index (χ0) is 33.3. The molecule has 1 aliphatic rings. The summed E-state index contributed by atoms with van der Waals surface area (Å²) in [6.45, 7) is 14.3. The molecule has 0 spiro atoms. The fraction of sp³-hybridized carbons (Fsp3) is 0.319. The van der Waals surface area contributed by atoms with Crippen molar-refractivity contribution in [3.05, 3.63) is 146 Å². The number of rotatable bonds is 7. The first-order valence-corrected chi connectivity index (χ1v) is 22.0. The summed E-state index contributed by atoms with van der Waals surface area (Å²) in [7, 11) is 0. The van der Waals surface area contributed by atoms with E-state index in [1.807, 2.05) is 0 Å². The average molecular weight is 813 g/mol. The SMILES string of the molecule is CC(C)c1ccc(-c2cccc3[cH-]c(C4CCCCC4)cc23)cc1.CCc1cc2c(-c3ccc(C(C)CC)cc3)cccc2[cH-]1.Cl.Cl.[CH3-].[CH3-].[Si]=[Zr]. The van der Waals surface area contributed by atoms with Gasteiger partial charge in [-0.05, 0) is 65.7 Å². The molecule has 1 saturated carbocycles. The van der Waals surface area contributed by atoms with Crippen LogP contribution in [0.5, 0.6) is 0 Å².